The number of aromatic nitrogens is 5. The zero-order chi connectivity index (χ0) is 25.4. The van der Waals surface area contributed by atoms with Gasteiger partial charge in [0.2, 0.25) is 0 Å². The number of likely N-dealkylation sites (tertiary alicyclic amines) is 2. The van der Waals surface area contributed by atoms with E-state index in [0.717, 1.165) is 48.2 Å². The molecule has 0 aliphatic carbocycles. The molecule has 0 saturated carbocycles. The molecule has 6 rings (SSSR count). The van der Waals surface area contributed by atoms with Crippen LogP contribution >= 0.6 is 0 Å². The van der Waals surface area contributed by atoms with Crippen molar-refractivity contribution in [3.63, 3.8) is 0 Å². The number of benzene rings is 1. The van der Waals surface area contributed by atoms with E-state index < -0.39 is 0 Å². The standard InChI is InChI=1S/C27H25N9O/c28-9-8-27(36-15-21(14-33-36)24-23-5-10-30-25(23)32-18-31-24)16-35(17-27)22-6-11-34(12-7-22)26(37)20-3-1-19(13-29)2-4-20/h1-5,10,14-15,18,22H,6-8,11-12,16-17H2,(H,30,31,32). The molecule has 0 bridgehead atoms. The number of hydrogen-bond donors (Lipinski definition) is 1. The maximum Gasteiger partial charge on any atom is 0.253 e. The van der Waals surface area contributed by atoms with E-state index in [1.165, 1.54) is 0 Å². The lowest BCUT2D eigenvalue weighted by molar-refractivity contribution is -0.0412. The second-order valence-corrected chi connectivity index (χ2v) is 9.81. The number of nitrogens with zero attached hydrogens (tertiary/aromatic N) is 8. The number of carbonyl (C=O) groups is 1. The molecule has 3 aromatic heterocycles. The van der Waals surface area contributed by atoms with Gasteiger partial charge in [-0.2, -0.15) is 15.6 Å². The van der Waals surface area contributed by atoms with Crippen LogP contribution in [0.4, 0.5) is 0 Å². The monoisotopic (exact) mass is 491 g/mol. The average Bonchev–Trinajstić information content (AvgIpc) is 3.61. The van der Waals surface area contributed by atoms with E-state index in [9.17, 15) is 10.1 Å². The molecule has 2 saturated heterocycles. The molecular weight excluding hydrogens is 466 g/mol. The highest BCUT2D eigenvalue weighted by molar-refractivity contribution is 5.94. The number of aromatic amines is 1. The zero-order valence-corrected chi connectivity index (χ0v) is 20.2. The third kappa shape index (κ3) is 4.02. The minimum atomic E-state index is -0.368. The summed E-state index contributed by atoms with van der Waals surface area (Å²) in [5.41, 5.74) is 3.30. The Labute approximate surface area is 213 Å². The molecule has 1 amide bonds. The highest BCUT2D eigenvalue weighted by Crippen LogP contribution is 2.37. The summed E-state index contributed by atoms with van der Waals surface area (Å²) < 4.78 is 1.94. The van der Waals surface area contributed by atoms with Gasteiger partial charge in [-0.15, -0.1) is 0 Å². The number of nitrogens with one attached hydrogen (secondary N) is 1. The molecule has 184 valence electrons. The van der Waals surface area contributed by atoms with Crippen LogP contribution in [0.25, 0.3) is 22.3 Å². The fourth-order valence-corrected chi connectivity index (χ4v) is 5.56. The van der Waals surface area contributed by atoms with Gasteiger partial charge in [-0.3, -0.25) is 14.4 Å². The number of piperidine rings is 1. The lowest BCUT2D eigenvalue weighted by Gasteiger charge is -2.53. The van der Waals surface area contributed by atoms with E-state index in [2.05, 4.69) is 37.1 Å². The number of fused-ring (bicyclic) bond motifs is 1. The third-order valence-corrected chi connectivity index (χ3v) is 7.63. The van der Waals surface area contributed by atoms with Gasteiger partial charge < -0.3 is 9.88 Å². The van der Waals surface area contributed by atoms with E-state index in [0.29, 0.717) is 36.7 Å². The van der Waals surface area contributed by atoms with Crippen LogP contribution in [0.15, 0.2) is 55.2 Å². The molecule has 37 heavy (non-hydrogen) atoms. The Kier molecular flexibility index (Phi) is 5.67. The van der Waals surface area contributed by atoms with Crippen molar-refractivity contribution in [2.75, 3.05) is 26.2 Å². The predicted octanol–water partition coefficient (Wildman–Crippen LogP) is 2.92. The summed E-state index contributed by atoms with van der Waals surface area (Å²) in [5.74, 6) is 0.00991. The molecule has 10 nitrogen and oxygen atoms in total. The summed E-state index contributed by atoms with van der Waals surface area (Å²) in [5, 5.41) is 24.2. The predicted molar refractivity (Wildman–Crippen MR) is 135 cm³/mol. The van der Waals surface area contributed by atoms with Gasteiger partial charge in [0.15, 0.2) is 0 Å². The Morgan fingerprint density at radius 1 is 1.11 bits per heavy atom. The normalized spacial score (nSPS) is 17.7. The van der Waals surface area contributed by atoms with Gasteiger partial charge in [0.1, 0.15) is 17.5 Å². The smallest absolute Gasteiger partial charge is 0.253 e. The van der Waals surface area contributed by atoms with Crippen molar-refractivity contribution in [3.05, 3.63) is 66.4 Å². The average molecular weight is 492 g/mol. The Morgan fingerprint density at radius 3 is 2.62 bits per heavy atom. The van der Waals surface area contributed by atoms with Crippen LogP contribution in [0, 0.1) is 22.7 Å². The molecule has 5 heterocycles. The summed E-state index contributed by atoms with van der Waals surface area (Å²) in [7, 11) is 0. The summed E-state index contributed by atoms with van der Waals surface area (Å²) in [4.78, 5) is 29.0. The molecular formula is C27H25N9O. The molecule has 0 radical (unpaired) electrons. The van der Waals surface area contributed by atoms with Crippen LogP contribution in [0.5, 0.6) is 0 Å². The van der Waals surface area contributed by atoms with Gasteiger partial charge in [-0.1, -0.05) is 0 Å². The van der Waals surface area contributed by atoms with Crippen LogP contribution in [0.1, 0.15) is 35.2 Å². The number of nitriles is 2. The molecule has 1 N–H and O–H groups in total. The van der Waals surface area contributed by atoms with Gasteiger partial charge >= 0.3 is 0 Å². The quantitative estimate of drug-likeness (QED) is 0.454. The maximum atomic E-state index is 12.9. The van der Waals surface area contributed by atoms with Crippen LogP contribution < -0.4 is 0 Å². The van der Waals surface area contributed by atoms with Crippen LogP contribution in [0.3, 0.4) is 0 Å². The van der Waals surface area contributed by atoms with E-state index in [4.69, 9.17) is 5.26 Å². The van der Waals surface area contributed by atoms with Crippen LogP contribution in [-0.4, -0.2) is 72.7 Å². The molecule has 0 unspecified atom stereocenters. The van der Waals surface area contributed by atoms with Crippen LogP contribution in [-0.2, 0) is 5.54 Å². The highest BCUT2D eigenvalue weighted by atomic mass is 16.2. The maximum absolute atomic E-state index is 12.9. The largest absolute Gasteiger partial charge is 0.346 e. The van der Waals surface area contributed by atoms with Crippen molar-refractivity contribution >= 4 is 16.9 Å². The van der Waals surface area contributed by atoms with E-state index in [1.54, 1.807) is 30.6 Å². The SMILES string of the molecule is N#CCC1(n2cc(-c3ncnc4[nH]ccc34)cn2)CN(C2CCN(C(=O)c3ccc(C#N)cc3)CC2)C1. The Bertz CT molecular complexity index is 1520. The fourth-order valence-electron chi connectivity index (χ4n) is 5.56. The highest BCUT2D eigenvalue weighted by Gasteiger charge is 2.48. The fraction of sp³-hybridized carbons (Fsp3) is 0.333. The molecule has 2 fully saturated rings. The van der Waals surface area contributed by atoms with Gasteiger partial charge in [-0.05, 0) is 43.2 Å². The van der Waals surface area contributed by atoms with Gasteiger partial charge in [0.05, 0.1) is 36.0 Å². The number of amides is 1. The molecule has 0 atom stereocenters. The Balaban J connectivity index is 1.11. The second-order valence-electron chi connectivity index (χ2n) is 9.81. The first-order chi connectivity index (χ1) is 18.1. The van der Waals surface area contributed by atoms with Crippen LogP contribution in [0.2, 0.25) is 0 Å². The third-order valence-electron chi connectivity index (χ3n) is 7.63. The summed E-state index contributed by atoms with van der Waals surface area (Å²) >= 11 is 0. The molecule has 10 heteroatoms. The number of hydrogen-bond acceptors (Lipinski definition) is 7. The molecule has 1 aromatic carbocycles. The first-order valence-electron chi connectivity index (χ1n) is 12.3. The molecule has 0 spiro atoms. The lowest BCUT2D eigenvalue weighted by Crippen LogP contribution is -2.66. The van der Waals surface area contributed by atoms with E-state index in [1.807, 2.05) is 34.2 Å². The summed E-state index contributed by atoms with van der Waals surface area (Å²) in [6.07, 6.45) is 9.34. The first-order valence-corrected chi connectivity index (χ1v) is 12.3. The van der Waals surface area contributed by atoms with Crippen molar-refractivity contribution in [1.82, 2.24) is 34.5 Å². The minimum Gasteiger partial charge on any atom is -0.346 e. The number of rotatable bonds is 5. The van der Waals surface area contributed by atoms with Gasteiger partial charge in [0, 0.05) is 61.1 Å². The van der Waals surface area contributed by atoms with Crippen molar-refractivity contribution in [3.8, 4) is 23.4 Å². The van der Waals surface area contributed by atoms with E-state index >= 15 is 0 Å². The molecule has 2 aliphatic heterocycles. The van der Waals surface area contributed by atoms with Crippen molar-refractivity contribution in [1.29, 1.82) is 10.5 Å². The Morgan fingerprint density at radius 2 is 1.89 bits per heavy atom. The van der Waals surface area contributed by atoms with Gasteiger partial charge in [-0.25, -0.2) is 9.97 Å². The van der Waals surface area contributed by atoms with Crippen molar-refractivity contribution < 1.29 is 4.79 Å². The lowest BCUT2D eigenvalue weighted by atomic mass is 9.83. The van der Waals surface area contributed by atoms with E-state index in [-0.39, 0.29) is 11.4 Å². The number of H-pyrrole nitrogens is 1. The molecule has 4 aromatic rings. The summed E-state index contributed by atoms with van der Waals surface area (Å²) in [6.45, 7) is 2.88. The minimum absolute atomic E-state index is 0.00991. The summed E-state index contributed by atoms with van der Waals surface area (Å²) in [6, 6.07) is 13.6. The Hall–Kier alpha value is -4.54. The van der Waals surface area contributed by atoms with Gasteiger partial charge in [0.25, 0.3) is 5.91 Å². The second kappa shape index (κ2) is 9.16. The van der Waals surface area contributed by atoms with Crippen molar-refractivity contribution in [2.24, 2.45) is 0 Å². The van der Waals surface area contributed by atoms with Crippen molar-refractivity contribution in [2.45, 2.75) is 30.8 Å². The first kappa shape index (κ1) is 22.9. The number of carbonyl (C=O) groups excluding carboxylic acids is 1. The zero-order valence-electron chi connectivity index (χ0n) is 20.2. The molecule has 2 aliphatic rings. The topological polar surface area (TPSA) is 131 Å².